The molecule has 0 bridgehead atoms. The molecule has 0 fully saturated rings. The molecule has 4 rings (SSSR count). The maximum absolute atomic E-state index is 4.29. The Hall–Kier alpha value is -2.53. The molecule has 1 aliphatic heterocycles. The number of thioether (sulfide) groups is 1. The number of benzene rings is 2. The molecule has 1 aliphatic rings. The minimum atomic E-state index is 0.819. The summed E-state index contributed by atoms with van der Waals surface area (Å²) in [6.07, 6.45) is 0. The van der Waals surface area contributed by atoms with Gasteiger partial charge in [0, 0.05) is 11.0 Å². The minimum absolute atomic E-state index is 0.819. The normalized spacial score (nSPS) is 13.2. The predicted molar refractivity (Wildman–Crippen MR) is 85.1 cm³/mol. The lowest BCUT2D eigenvalue weighted by Crippen LogP contribution is -2.18. The van der Waals surface area contributed by atoms with Gasteiger partial charge in [-0.15, -0.1) is 10.2 Å². The Morgan fingerprint density at radius 1 is 0.810 bits per heavy atom. The average molecular weight is 292 g/mol. The first-order chi connectivity index (χ1) is 10.4. The van der Waals surface area contributed by atoms with Gasteiger partial charge in [-0.1, -0.05) is 72.4 Å². The highest BCUT2D eigenvalue weighted by Gasteiger charge is 2.19. The number of nitrogens with one attached hydrogen (secondary N) is 1. The van der Waals surface area contributed by atoms with E-state index in [1.807, 2.05) is 53.2 Å². The standard InChI is InChI=1S/C16H12N4S/c1-3-7-12(8-4-1)14-11-21-16-18-17-15(20(16)19-14)13-9-5-2-6-10-13/h1-11,19H. The first-order valence-corrected chi connectivity index (χ1v) is 7.50. The summed E-state index contributed by atoms with van der Waals surface area (Å²) in [4.78, 5) is 0. The molecule has 0 saturated heterocycles. The van der Waals surface area contributed by atoms with E-state index >= 15 is 0 Å². The quantitative estimate of drug-likeness (QED) is 0.784. The summed E-state index contributed by atoms with van der Waals surface area (Å²) in [7, 11) is 0. The van der Waals surface area contributed by atoms with Crippen molar-refractivity contribution in [1.29, 1.82) is 0 Å². The van der Waals surface area contributed by atoms with Gasteiger partial charge in [-0.2, -0.15) is 0 Å². The van der Waals surface area contributed by atoms with Crippen molar-refractivity contribution < 1.29 is 0 Å². The second kappa shape index (κ2) is 5.10. The Morgan fingerprint density at radius 2 is 1.48 bits per heavy atom. The van der Waals surface area contributed by atoms with Crippen molar-refractivity contribution in [2.24, 2.45) is 0 Å². The second-order valence-electron chi connectivity index (χ2n) is 4.63. The van der Waals surface area contributed by atoms with Crippen molar-refractivity contribution in [3.05, 3.63) is 71.6 Å². The van der Waals surface area contributed by atoms with Crippen molar-refractivity contribution in [2.75, 3.05) is 5.43 Å². The van der Waals surface area contributed by atoms with E-state index in [2.05, 4.69) is 33.2 Å². The van der Waals surface area contributed by atoms with Crippen LogP contribution < -0.4 is 5.43 Å². The molecule has 0 unspecified atom stereocenters. The van der Waals surface area contributed by atoms with Crippen LogP contribution in [-0.2, 0) is 0 Å². The summed E-state index contributed by atoms with van der Waals surface area (Å²) < 4.78 is 1.93. The van der Waals surface area contributed by atoms with Gasteiger partial charge in [-0.05, 0) is 5.56 Å². The van der Waals surface area contributed by atoms with Gasteiger partial charge in [0.15, 0.2) is 5.82 Å². The Labute approximate surface area is 126 Å². The molecule has 5 heteroatoms. The summed E-state index contributed by atoms with van der Waals surface area (Å²) in [6, 6.07) is 20.3. The molecule has 0 aliphatic carbocycles. The van der Waals surface area contributed by atoms with Crippen LogP contribution >= 0.6 is 11.8 Å². The lowest BCUT2D eigenvalue weighted by atomic mass is 10.2. The van der Waals surface area contributed by atoms with Gasteiger partial charge in [0.2, 0.25) is 5.16 Å². The van der Waals surface area contributed by atoms with E-state index < -0.39 is 0 Å². The van der Waals surface area contributed by atoms with Gasteiger partial charge in [0.1, 0.15) is 0 Å². The highest BCUT2D eigenvalue weighted by atomic mass is 32.2. The van der Waals surface area contributed by atoms with Crippen LogP contribution in [-0.4, -0.2) is 14.9 Å². The van der Waals surface area contributed by atoms with Gasteiger partial charge < -0.3 is 0 Å². The summed E-state index contributed by atoms with van der Waals surface area (Å²) in [5.41, 5.74) is 6.62. The zero-order valence-electron chi connectivity index (χ0n) is 11.1. The lowest BCUT2D eigenvalue weighted by Gasteiger charge is -2.19. The van der Waals surface area contributed by atoms with E-state index in [1.165, 1.54) is 0 Å². The van der Waals surface area contributed by atoms with Crippen molar-refractivity contribution in [1.82, 2.24) is 14.9 Å². The molecule has 0 radical (unpaired) electrons. The van der Waals surface area contributed by atoms with E-state index in [4.69, 9.17) is 0 Å². The molecular formula is C16H12N4S. The van der Waals surface area contributed by atoms with Crippen molar-refractivity contribution in [2.45, 2.75) is 5.16 Å². The number of aromatic nitrogens is 3. The van der Waals surface area contributed by atoms with E-state index in [9.17, 15) is 0 Å². The summed E-state index contributed by atoms with van der Waals surface area (Å²) in [6.45, 7) is 0. The molecular weight excluding hydrogens is 280 g/mol. The fourth-order valence-corrected chi connectivity index (χ4v) is 2.97. The van der Waals surface area contributed by atoms with Crippen molar-refractivity contribution in [3.8, 4) is 11.4 Å². The van der Waals surface area contributed by atoms with Gasteiger partial charge in [-0.25, -0.2) is 4.68 Å². The molecule has 3 aromatic rings. The third-order valence-electron chi connectivity index (χ3n) is 3.26. The summed E-state index contributed by atoms with van der Waals surface area (Å²) >= 11 is 1.57. The molecule has 1 N–H and O–H groups in total. The molecule has 2 heterocycles. The van der Waals surface area contributed by atoms with E-state index in [0.717, 1.165) is 27.8 Å². The van der Waals surface area contributed by atoms with Crippen LogP contribution in [0.1, 0.15) is 5.56 Å². The third kappa shape index (κ3) is 2.21. The Morgan fingerprint density at radius 3 is 2.19 bits per heavy atom. The molecule has 0 saturated carbocycles. The zero-order chi connectivity index (χ0) is 14.1. The predicted octanol–water partition coefficient (Wildman–Crippen LogP) is 3.59. The maximum Gasteiger partial charge on any atom is 0.214 e. The number of hydrogen-bond acceptors (Lipinski definition) is 4. The van der Waals surface area contributed by atoms with E-state index in [1.54, 1.807) is 11.8 Å². The molecule has 0 spiro atoms. The molecule has 1 aromatic heterocycles. The van der Waals surface area contributed by atoms with Crippen molar-refractivity contribution in [3.63, 3.8) is 0 Å². The maximum atomic E-state index is 4.29. The lowest BCUT2D eigenvalue weighted by molar-refractivity contribution is 0.826. The highest BCUT2D eigenvalue weighted by molar-refractivity contribution is 8.02. The monoisotopic (exact) mass is 292 g/mol. The minimum Gasteiger partial charge on any atom is -0.289 e. The Kier molecular flexibility index (Phi) is 2.97. The van der Waals surface area contributed by atoms with Gasteiger partial charge in [0.25, 0.3) is 0 Å². The smallest absolute Gasteiger partial charge is 0.214 e. The number of nitrogens with zero attached hydrogens (tertiary/aromatic N) is 3. The SMILES string of the molecule is C1=C(c2ccccc2)Nn2c(nnc2-c2ccccc2)S1. The third-order valence-corrected chi connectivity index (χ3v) is 4.09. The van der Waals surface area contributed by atoms with E-state index in [0.29, 0.717) is 0 Å². The van der Waals surface area contributed by atoms with Crippen LogP contribution in [0.3, 0.4) is 0 Å². The van der Waals surface area contributed by atoms with Crippen LogP contribution in [0.5, 0.6) is 0 Å². The first-order valence-electron chi connectivity index (χ1n) is 6.62. The average Bonchev–Trinajstić information content (AvgIpc) is 2.99. The van der Waals surface area contributed by atoms with Gasteiger partial charge in [-0.3, -0.25) is 5.43 Å². The van der Waals surface area contributed by atoms with Crippen LogP contribution in [0.25, 0.3) is 17.1 Å². The summed E-state index contributed by atoms with van der Waals surface area (Å²) in [5.74, 6) is 0.819. The van der Waals surface area contributed by atoms with Gasteiger partial charge >= 0.3 is 0 Å². The number of hydrogen-bond donors (Lipinski definition) is 1. The number of fused-ring (bicyclic) bond motifs is 1. The topological polar surface area (TPSA) is 42.7 Å². The van der Waals surface area contributed by atoms with Crippen molar-refractivity contribution >= 4 is 17.5 Å². The molecule has 0 atom stereocenters. The fraction of sp³-hybridized carbons (Fsp3) is 0. The van der Waals surface area contributed by atoms with Crippen LogP contribution in [0.15, 0.2) is 71.2 Å². The molecule has 102 valence electrons. The molecule has 4 nitrogen and oxygen atoms in total. The second-order valence-corrected chi connectivity index (χ2v) is 5.47. The molecule has 2 aromatic carbocycles. The summed E-state index contributed by atoms with van der Waals surface area (Å²) in [5, 5.41) is 11.4. The Bertz CT molecular complexity index is 794. The van der Waals surface area contributed by atoms with Crippen LogP contribution in [0.4, 0.5) is 0 Å². The van der Waals surface area contributed by atoms with Crippen LogP contribution in [0, 0.1) is 0 Å². The van der Waals surface area contributed by atoms with E-state index in [-0.39, 0.29) is 0 Å². The fourth-order valence-electron chi connectivity index (χ4n) is 2.23. The Balaban J connectivity index is 1.73. The number of rotatable bonds is 2. The largest absolute Gasteiger partial charge is 0.289 e. The first kappa shape index (κ1) is 12.2. The van der Waals surface area contributed by atoms with Crippen LogP contribution in [0.2, 0.25) is 0 Å². The highest BCUT2D eigenvalue weighted by Crippen LogP contribution is 2.30. The van der Waals surface area contributed by atoms with Gasteiger partial charge in [0.05, 0.1) is 5.70 Å². The molecule has 0 amide bonds. The molecule has 21 heavy (non-hydrogen) atoms. The zero-order valence-corrected chi connectivity index (χ0v) is 11.9.